The van der Waals surface area contributed by atoms with E-state index in [2.05, 4.69) is 14.6 Å². The molecule has 0 N–H and O–H groups in total. The summed E-state index contributed by atoms with van der Waals surface area (Å²) in [5.74, 6) is -2.20. The van der Waals surface area contributed by atoms with Crippen molar-refractivity contribution < 1.29 is 31.8 Å². The highest BCUT2D eigenvalue weighted by Crippen LogP contribution is 2.42. The Balaban J connectivity index is 1.52. The molecule has 4 aromatic rings. The summed E-state index contributed by atoms with van der Waals surface area (Å²) < 4.78 is 69.6. The number of aromatic nitrogens is 2. The zero-order valence-corrected chi connectivity index (χ0v) is 25.9. The van der Waals surface area contributed by atoms with Gasteiger partial charge < -0.3 is 23.8 Å². The number of rotatable bonds is 8. The molecule has 2 saturated heterocycles. The number of halogens is 4. The first kappa shape index (κ1) is 32.3. The van der Waals surface area contributed by atoms with Crippen LogP contribution in [0.4, 0.5) is 29.1 Å². The van der Waals surface area contributed by atoms with Crippen LogP contribution in [-0.2, 0) is 11.3 Å². The van der Waals surface area contributed by atoms with Gasteiger partial charge in [-0.3, -0.25) is 9.69 Å². The molecule has 2 aliphatic heterocycles. The van der Waals surface area contributed by atoms with Gasteiger partial charge in [-0.25, -0.2) is 14.2 Å². The number of likely N-dealkylation sites (tertiary alicyclic amines) is 1. The summed E-state index contributed by atoms with van der Waals surface area (Å²) >= 11 is 0. The molecule has 47 heavy (non-hydrogen) atoms. The minimum absolute atomic E-state index is 0.0398. The summed E-state index contributed by atoms with van der Waals surface area (Å²) in [6.45, 7) is 5.02. The van der Waals surface area contributed by atoms with Crippen molar-refractivity contribution in [2.24, 2.45) is 0 Å². The molecule has 0 saturated carbocycles. The molecule has 0 atom stereocenters. The Morgan fingerprint density at radius 2 is 1.68 bits per heavy atom. The lowest BCUT2D eigenvalue weighted by Crippen LogP contribution is -2.47. The van der Waals surface area contributed by atoms with Crippen molar-refractivity contribution >= 4 is 28.4 Å². The van der Waals surface area contributed by atoms with E-state index in [0.29, 0.717) is 31.1 Å². The number of anilines is 2. The number of ether oxygens (including phenoxy) is 2. The summed E-state index contributed by atoms with van der Waals surface area (Å²) in [6.07, 6.45) is 0.903. The van der Waals surface area contributed by atoms with E-state index in [1.54, 1.807) is 37.4 Å². The normalized spacial score (nSPS) is 16.0. The number of pyridine rings is 2. The van der Waals surface area contributed by atoms with Crippen LogP contribution < -0.4 is 20.0 Å². The van der Waals surface area contributed by atoms with Crippen LogP contribution in [0.15, 0.2) is 65.7 Å². The minimum atomic E-state index is -5.22. The SMILES string of the molecule is CCOC(=O)c1cn(-c2cccc(CN3CCCCC3)c2)c2c(OC(F)(F)F)c(N3CCN(c4ccccn4)CC3)c(F)cc2c1=O. The van der Waals surface area contributed by atoms with Gasteiger partial charge in [0.2, 0.25) is 5.43 Å². The van der Waals surface area contributed by atoms with E-state index >= 15 is 4.39 Å². The van der Waals surface area contributed by atoms with Gasteiger partial charge in [-0.05, 0) is 68.8 Å². The third-order valence-electron chi connectivity index (χ3n) is 8.50. The molecular formula is C34H35F4N5O4. The predicted octanol–water partition coefficient (Wildman–Crippen LogP) is 5.91. The summed E-state index contributed by atoms with van der Waals surface area (Å²) in [6, 6.07) is 13.4. The topological polar surface area (TPSA) is 80.1 Å². The van der Waals surface area contributed by atoms with Gasteiger partial charge in [0, 0.05) is 50.8 Å². The van der Waals surface area contributed by atoms with Gasteiger partial charge in [0.15, 0.2) is 11.6 Å². The summed E-state index contributed by atoms with van der Waals surface area (Å²) in [5.41, 5.74) is -0.859. The maximum atomic E-state index is 16.1. The van der Waals surface area contributed by atoms with Crippen LogP contribution >= 0.6 is 0 Å². The van der Waals surface area contributed by atoms with Gasteiger partial charge in [-0.15, -0.1) is 13.2 Å². The quantitative estimate of drug-likeness (QED) is 0.172. The van der Waals surface area contributed by atoms with Gasteiger partial charge in [-0.2, -0.15) is 0 Å². The number of carbonyl (C=O) groups is 1. The number of piperidine rings is 1. The summed E-state index contributed by atoms with van der Waals surface area (Å²) in [4.78, 5) is 36.7. The van der Waals surface area contributed by atoms with Crippen molar-refractivity contribution in [2.75, 3.05) is 55.7 Å². The standard InChI is InChI=1S/C34H35F4N5O4/c1-2-46-33(45)26-22-43(24-10-8-9-23(19-24)21-40-13-6-3-7-14-40)29-25(31(26)44)20-27(35)30(32(29)47-34(36,37)38)42-17-15-41(16-18-42)28-11-4-5-12-39-28/h4-5,8-12,19-20,22H,2-3,6-7,13-18,21H2,1H3. The highest BCUT2D eigenvalue weighted by molar-refractivity contribution is 5.98. The van der Waals surface area contributed by atoms with Crippen LogP contribution in [0.3, 0.4) is 0 Å². The number of hydrogen-bond acceptors (Lipinski definition) is 8. The fourth-order valence-corrected chi connectivity index (χ4v) is 6.36. The van der Waals surface area contributed by atoms with Crippen LogP contribution in [0.2, 0.25) is 0 Å². The maximum Gasteiger partial charge on any atom is 0.573 e. The van der Waals surface area contributed by atoms with Crippen molar-refractivity contribution in [1.82, 2.24) is 14.5 Å². The first-order valence-corrected chi connectivity index (χ1v) is 15.7. The molecule has 2 fully saturated rings. The molecule has 13 heteroatoms. The Bertz CT molecular complexity index is 1800. The van der Waals surface area contributed by atoms with Gasteiger partial charge in [0.1, 0.15) is 22.6 Å². The number of fused-ring (bicyclic) bond motifs is 1. The third-order valence-corrected chi connectivity index (χ3v) is 8.50. The Kier molecular flexibility index (Phi) is 9.35. The number of benzene rings is 2. The number of alkyl halides is 3. The van der Waals surface area contributed by atoms with Gasteiger partial charge in [0.25, 0.3) is 0 Å². The smallest absolute Gasteiger partial charge is 0.462 e. The Labute approximate surface area is 268 Å². The zero-order chi connectivity index (χ0) is 33.1. The predicted molar refractivity (Wildman–Crippen MR) is 170 cm³/mol. The molecule has 0 aliphatic carbocycles. The Morgan fingerprint density at radius 3 is 2.36 bits per heavy atom. The second kappa shape index (κ2) is 13.6. The van der Waals surface area contributed by atoms with Crippen molar-refractivity contribution in [3.63, 3.8) is 0 Å². The Morgan fingerprint density at radius 1 is 0.936 bits per heavy atom. The lowest BCUT2D eigenvalue weighted by atomic mass is 10.1. The van der Waals surface area contributed by atoms with Crippen molar-refractivity contribution in [3.05, 3.63) is 88.1 Å². The number of piperazine rings is 1. The minimum Gasteiger partial charge on any atom is -0.462 e. The fraction of sp³-hybridized carbons (Fsp3) is 0.382. The van der Waals surface area contributed by atoms with Crippen molar-refractivity contribution in [2.45, 2.75) is 39.1 Å². The monoisotopic (exact) mass is 653 g/mol. The van der Waals surface area contributed by atoms with Gasteiger partial charge in [-0.1, -0.05) is 24.6 Å². The number of hydrogen-bond donors (Lipinski definition) is 0. The van der Waals surface area contributed by atoms with E-state index in [0.717, 1.165) is 50.2 Å². The molecule has 0 bridgehead atoms. The van der Waals surface area contributed by atoms with Crippen LogP contribution in [0, 0.1) is 5.82 Å². The lowest BCUT2D eigenvalue weighted by molar-refractivity contribution is -0.274. The number of carbonyl (C=O) groups excluding carboxylic acids is 1. The van der Waals surface area contributed by atoms with E-state index in [1.807, 2.05) is 23.1 Å². The molecule has 6 rings (SSSR count). The second-order valence-corrected chi connectivity index (χ2v) is 11.6. The first-order chi connectivity index (χ1) is 22.6. The molecule has 0 unspecified atom stereocenters. The summed E-state index contributed by atoms with van der Waals surface area (Å²) in [5, 5.41) is -0.440. The molecule has 2 aliphatic rings. The van der Waals surface area contributed by atoms with E-state index in [9.17, 15) is 22.8 Å². The highest BCUT2D eigenvalue weighted by atomic mass is 19.4. The third kappa shape index (κ3) is 7.04. The molecule has 0 amide bonds. The van der Waals surface area contributed by atoms with E-state index in [-0.39, 0.29) is 25.2 Å². The van der Waals surface area contributed by atoms with E-state index in [4.69, 9.17) is 4.74 Å². The van der Waals surface area contributed by atoms with E-state index in [1.165, 1.54) is 9.47 Å². The molecule has 0 radical (unpaired) electrons. The first-order valence-electron chi connectivity index (χ1n) is 15.7. The summed E-state index contributed by atoms with van der Waals surface area (Å²) in [7, 11) is 0. The van der Waals surface area contributed by atoms with Crippen LogP contribution in [0.1, 0.15) is 42.1 Å². The average Bonchev–Trinajstić information content (AvgIpc) is 3.06. The molecule has 2 aromatic heterocycles. The number of nitrogens with zero attached hydrogens (tertiary/aromatic N) is 5. The van der Waals surface area contributed by atoms with Gasteiger partial charge in [0.05, 0.1) is 12.0 Å². The second-order valence-electron chi connectivity index (χ2n) is 11.6. The largest absolute Gasteiger partial charge is 0.573 e. The van der Waals surface area contributed by atoms with Crippen LogP contribution in [-0.4, -0.2) is 72.7 Å². The molecule has 2 aromatic carbocycles. The maximum absolute atomic E-state index is 16.1. The molecule has 248 valence electrons. The lowest BCUT2D eigenvalue weighted by Gasteiger charge is -2.37. The van der Waals surface area contributed by atoms with Crippen LogP contribution in [0.5, 0.6) is 5.75 Å². The highest BCUT2D eigenvalue weighted by Gasteiger charge is 2.37. The molecule has 4 heterocycles. The Hall–Kier alpha value is -4.65. The average molecular weight is 654 g/mol. The van der Waals surface area contributed by atoms with E-state index < -0.39 is 46.0 Å². The van der Waals surface area contributed by atoms with Gasteiger partial charge >= 0.3 is 12.3 Å². The van der Waals surface area contributed by atoms with Crippen molar-refractivity contribution in [3.8, 4) is 11.4 Å². The fourth-order valence-electron chi connectivity index (χ4n) is 6.36. The zero-order valence-electron chi connectivity index (χ0n) is 25.9. The molecule has 0 spiro atoms. The van der Waals surface area contributed by atoms with Crippen molar-refractivity contribution in [1.29, 1.82) is 0 Å². The van der Waals surface area contributed by atoms with Crippen LogP contribution in [0.25, 0.3) is 16.6 Å². The molecular weight excluding hydrogens is 618 g/mol. The number of esters is 1. The molecule has 9 nitrogen and oxygen atoms in total.